The molecule has 2 N–H and O–H groups in total. The molecule has 1 heterocycles. The van der Waals surface area contributed by atoms with Gasteiger partial charge in [0.05, 0.1) is 6.10 Å². The van der Waals surface area contributed by atoms with Crippen molar-refractivity contribution >= 4 is 17.2 Å². The second-order valence-corrected chi connectivity index (χ2v) is 5.22. The van der Waals surface area contributed by atoms with Crippen molar-refractivity contribution in [1.29, 1.82) is 0 Å². The quantitative estimate of drug-likeness (QED) is 0.826. The highest BCUT2D eigenvalue weighted by molar-refractivity contribution is 7.10. The summed E-state index contributed by atoms with van der Waals surface area (Å²) in [7, 11) is 0. The van der Waals surface area contributed by atoms with Crippen molar-refractivity contribution in [2.75, 3.05) is 6.54 Å². The SMILES string of the molecule is O=C(NCC[C@H](O)c1cccs1)C1CCC1. The maximum Gasteiger partial charge on any atom is 0.223 e. The van der Waals surface area contributed by atoms with Crippen molar-refractivity contribution in [3.8, 4) is 0 Å². The van der Waals surface area contributed by atoms with E-state index in [9.17, 15) is 9.90 Å². The zero-order chi connectivity index (χ0) is 11.4. The van der Waals surface area contributed by atoms with Gasteiger partial charge in [0.15, 0.2) is 0 Å². The third-order valence-corrected chi connectivity index (χ3v) is 4.04. The van der Waals surface area contributed by atoms with Gasteiger partial charge in [-0.15, -0.1) is 11.3 Å². The van der Waals surface area contributed by atoms with Crippen molar-refractivity contribution in [1.82, 2.24) is 5.32 Å². The van der Waals surface area contributed by atoms with E-state index in [1.165, 1.54) is 6.42 Å². The molecule has 0 spiro atoms. The number of aliphatic hydroxyl groups is 1. The second-order valence-electron chi connectivity index (χ2n) is 4.24. The van der Waals surface area contributed by atoms with E-state index in [0.717, 1.165) is 17.7 Å². The summed E-state index contributed by atoms with van der Waals surface area (Å²) in [6.07, 6.45) is 3.38. The summed E-state index contributed by atoms with van der Waals surface area (Å²) >= 11 is 1.55. The smallest absolute Gasteiger partial charge is 0.223 e. The number of rotatable bonds is 5. The normalized spacial score (nSPS) is 17.8. The first-order valence-electron chi connectivity index (χ1n) is 5.76. The van der Waals surface area contributed by atoms with Crippen LogP contribution in [0.2, 0.25) is 0 Å². The van der Waals surface area contributed by atoms with Crippen LogP contribution in [0.25, 0.3) is 0 Å². The van der Waals surface area contributed by atoms with Gasteiger partial charge in [-0.1, -0.05) is 12.5 Å². The van der Waals surface area contributed by atoms with Gasteiger partial charge >= 0.3 is 0 Å². The fourth-order valence-corrected chi connectivity index (χ4v) is 2.52. The molecule has 1 amide bonds. The molecule has 1 aromatic heterocycles. The van der Waals surface area contributed by atoms with E-state index in [2.05, 4.69) is 5.32 Å². The molecule has 1 saturated carbocycles. The van der Waals surface area contributed by atoms with Crippen LogP contribution in [0.1, 0.15) is 36.7 Å². The first-order valence-corrected chi connectivity index (χ1v) is 6.64. The summed E-state index contributed by atoms with van der Waals surface area (Å²) in [5.74, 6) is 0.392. The molecular formula is C12H17NO2S. The number of thiophene rings is 1. The van der Waals surface area contributed by atoms with Crippen LogP contribution in [0.5, 0.6) is 0 Å². The van der Waals surface area contributed by atoms with Crippen LogP contribution in [-0.4, -0.2) is 17.6 Å². The monoisotopic (exact) mass is 239 g/mol. The molecule has 4 heteroatoms. The van der Waals surface area contributed by atoms with E-state index in [0.29, 0.717) is 13.0 Å². The summed E-state index contributed by atoms with van der Waals surface area (Å²) in [6, 6.07) is 3.85. The summed E-state index contributed by atoms with van der Waals surface area (Å²) in [5.41, 5.74) is 0. The lowest BCUT2D eigenvalue weighted by molar-refractivity contribution is -0.127. The molecule has 0 saturated heterocycles. The third kappa shape index (κ3) is 2.83. The van der Waals surface area contributed by atoms with Crippen LogP contribution in [0.4, 0.5) is 0 Å². The average Bonchev–Trinajstić information content (AvgIpc) is 2.67. The van der Waals surface area contributed by atoms with Crippen LogP contribution in [0, 0.1) is 5.92 Å². The largest absolute Gasteiger partial charge is 0.388 e. The number of hydrogen-bond donors (Lipinski definition) is 2. The van der Waals surface area contributed by atoms with Gasteiger partial charge in [0.25, 0.3) is 0 Å². The van der Waals surface area contributed by atoms with E-state index in [1.807, 2.05) is 17.5 Å². The summed E-state index contributed by atoms with van der Waals surface area (Å²) in [5, 5.41) is 14.6. The Hall–Kier alpha value is -0.870. The van der Waals surface area contributed by atoms with Gasteiger partial charge in [-0.2, -0.15) is 0 Å². The van der Waals surface area contributed by atoms with E-state index in [1.54, 1.807) is 11.3 Å². The number of hydrogen-bond acceptors (Lipinski definition) is 3. The summed E-state index contributed by atoms with van der Waals surface area (Å²) in [6.45, 7) is 0.564. The lowest BCUT2D eigenvalue weighted by Crippen LogP contribution is -2.35. The van der Waals surface area contributed by atoms with Gasteiger partial charge in [0, 0.05) is 17.3 Å². The Bertz CT molecular complexity index is 333. The zero-order valence-corrected chi connectivity index (χ0v) is 10.0. The molecule has 1 aliphatic rings. The van der Waals surface area contributed by atoms with Crippen LogP contribution in [0.3, 0.4) is 0 Å². The van der Waals surface area contributed by atoms with Gasteiger partial charge in [-0.25, -0.2) is 0 Å². The van der Waals surface area contributed by atoms with Crippen molar-refractivity contribution in [2.24, 2.45) is 5.92 Å². The highest BCUT2D eigenvalue weighted by atomic mass is 32.1. The lowest BCUT2D eigenvalue weighted by Gasteiger charge is -2.24. The van der Waals surface area contributed by atoms with Crippen molar-refractivity contribution in [3.05, 3.63) is 22.4 Å². The van der Waals surface area contributed by atoms with E-state index in [-0.39, 0.29) is 11.8 Å². The second kappa shape index (κ2) is 5.46. The number of aliphatic hydroxyl groups excluding tert-OH is 1. The first-order chi connectivity index (χ1) is 7.77. The molecule has 2 rings (SSSR count). The Morgan fingerprint density at radius 2 is 2.44 bits per heavy atom. The topological polar surface area (TPSA) is 49.3 Å². The molecule has 1 aromatic rings. The predicted molar refractivity (Wildman–Crippen MR) is 64.2 cm³/mol. The van der Waals surface area contributed by atoms with E-state index in [4.69, 9.17) is 0 Å². The molecule has 1 atom stereocenters. The molecule has 3 nitrogen and oxygen atoms in total. The summed E-state index contributed by atoms with van der Waals surface area (Å²) < 4.78 is 0. The lowest BCUT2D eigenvalue weighted by atomic mass is 9.85. The zero-order valence-electron chi connectivity index (χ0n) is 9.19. The average molecular weight is 239 g/mol. The van der Waals surface area contributed by atoms with Crippen molar-refractivity contribution in [2.45, 2.75) is 31.8 Å². The molecule has 0 aliphatic heterocycles. The van der Waals surface area contributed by atoms with Crippen molar-refractivity contribution < 1.29 is 9.90 Å². The van der Waals surface area contributed by atoms with Gasteiger partial charge in [0.1, 0.15) is 0 Å². The third-order valence-electron chi connectivity index (χ3n) is 3.06. The van der Waals surface area contributed by atoms with E-state index < -0.39 is 6.10 Å². The molecule has 0 bridgehead atoms. The van der Waals surface area contributed by atoms with Gasteiger partial charge in [0.2, 0.25) is 5.91 Å². The molecular weight excluding hydrogens is 222 g/mol. The number of nitrogens with one attached hydrogen (secondary N) is 1. The number of amides is 1. The van der Waals surface area contributed by atoms with Gasteiger partial charge in [-0.05, 0) is 30.7 Å². The van der Waals surface area contributed by atoms with Gasteiger partial charge in [-0.3, -0.25) is 4.79 Å². The van der Waals surface area contributed by atoms with Crippen LogP contribution < -0.4 is 5.32 Å². The number of carbonyl (C=O) groups excluding carboxylic acids is 1. The van der Waals surface area contributed by atoms with Gasteiger partial charge < -0.3 is 10.4 Å². The minimum atomic E-state index is -0.443. The Morgan fingerprint density at radius 1 is 1.62 bits per heavy atom. The Labute approximate surface area is 99.5 Å². The fourth-order valence-electron chi connectivity index (χ4n) is 1.77. The number of carbonyl (C=O) groups is 1. The first kappa shape index (κ1) is 11.6. The molecule has 88 valence electrons. The molecule has 1 fully saturated rings. The summed E-state index contributed by atoms with van der Waals surface area (Å²) in [4.78, 5) is 12.5. The standard InChI is InChI=1S/C12H17NO2S/c14-10(11-5-2-8-16-11)6-7-13-12(15)9-3-1-4-9/h2,5,8-10,14H,1,3-4,6-7H2,(H,13,15)/t10-/m0/s1. The molecule has 0 radical (unpaired) electrons. The Kier molecular flexibility index (Phi) is 3.96. The molecule has 0 unspecified atom stereocenters. The Balaban J connectivity index is 1.65. The predicted octanol–water partition coefficient (Wildman–Crippen LogP) is 2.09. The highest BCUT2D eigenvalue weighted by Gasteiger charge is 2.24. The maximum absolute atomic E-state index is 11.5. The van der Waals surface area contributed by atoms with E-state index >= 15 is 0 Å². The fraction of sp³-hybridized carbons (Fsp3) is 0.583. The highest BCUT2D eigenvalue weighted by Crippen LogP contribution is 2.26. The molecule has 1 aliphatic carbocycles. The van der Waals surface area contributed by atoms with Crippen LogP contribution >= 0.6 is 11.3 Å². The maximum atomic E-state index is 11.5. The van der Waals surface area contributed by atoms with Crippen LogP contribution in [0.15, 0.2) is 17.5 Å². The molecule has 16 heavy (non-hydrogen) atoms. The van der Waals surface area contributed by atoms with Crippen LogP contribution in [-0.2, 0) is 4.79 Å². The minimum absolute atomic E-state index is 0.157. The minimum Gasteiger partial charge on any atom is -0.388 e. The van der Waals surface area contributed by atoms with Crippen molar-refractivity contribution in [3.63, 3.8) is 0 Å². The molecule has 0 aromatic carbocycles. The Morgan fingerprint density at radius 3 is 3.00 bits per heavy atom.